The molecule has 2 aromatic heterocycles. The van der Waals surface area contributed by atoms with E-state index in [4.69, 9.17) is 0 Å². The highest BCUT2D eigenvalue weighted by atomic mass is 32.2. The summed E-state index contributed by atoms with van der Waals surface area (Å²) in [5.41, 5.74) is 1.06. The zero-order chi connectivity index (χ0) is 15.6. The Morgan fingerprint density at radius 1 is 1.29 bits per heavy atom. The van der Waals surface area contributed by atoms with Crippen molar-refractivity contribution in [1.29, 1.82) is 0 Å². The molecule has 0 radical (unpaired) electrons. The van der Waals surface area contributed by atoms with Crippen LogP contribution in [0, 0.1) is 6.92 Å². The van der Waals surface area contributed by atoms with E-state index in [1.165, 1.54) is 35.9 Å². The average molecular weight is 345 g/mol. The molecule has 2 aromatic rings. The number of carbonyl (C=O) groups is 1. The van der Waals surface area contributed by atoms with Crippen LogP contribution in [0.3, 0.4) is 0 Å². The fourth-order valence-corrected chi connectivity index (χ4v) is 5.25. The van der Waals surface area contributed by atoms with Crippen molar-refractivity contribution in [3.63, 3.8) is 0 Å². The van der Waals surface area contributed by atoms with E-state index in [9.17, 15) is 13.2 Å². The summed E-state index contributed by atoms with van der Waals surface area (Å²) in [5, 5.41) is 3.50. The third kappa shape index (κ3) is 3.18. The molecule has 0 amide bonds. The van der Waals surface area contributed by atoms with E-state index in [2.05, 4.69) is 4.74 Å². The predicted octanol–water partition coefficient (Wildman–Crippen LogP) is 2.73. The van der Waals surface area contributed by atoms with Gasteiger partial charge in [-0.05, 0) is 35.4 Å². The van der Waals surface area contributed by atoms with Gasteiger partial charge < -0.3 is 4.74 Å². The fourth-order valence-electron chi connectivity index (χ4n) is 1.76. The molecule has 2 heterocycles. The Kier molecular flexibility index (Phi) is 4.82. The molecule has 0 atom stereocenters. The molecule has 0 spiro atoms. The van der Waals surface area contributed by atoms with Crippen molar-refractivity contribution >= 4 is 38.7 Å². The molecular weight excluding hydrogens is 330 g/mol. The van der Waals surface area contributed by atoms with Gasteiger partial charge in [-0.25, -0.2) is 13.2 Å². The molecule has 0 aromatic carbocycles. The molecule has 21 heavy (non-hydrogen) atoms. The van der Waals surface area contributed by atoms with E-state index >= 15 is 0 Å². The number of carbonyl (C=O) groups excluding carboxylic acids is 1. The van der Waals surface area contributed by atoms with Gasteiger partial charge in [-0.1, -0.05) is 0 Å². The number of sulfonamides is 1. The maximum Gasteiger partial charge on any atom is 0.349 e. The molecule has 0 saturated heterocycles. The lowest BCUT2D eigenvalue weighted by atomic mass is 10.3. The number of ether oxygens (including phenoxy) is 1. The molecule has 5 nitrogen and oxygen atoms in total. The molecule has 0 fully saturated rings. The minimum atomic E-state index is -3.72. The smallest absolute Gasteiger partial charge is 0.349 e. The first kappa shape index (κ1) is 16.2. The van der Waals surface area contributed by atoms with Gasteiger partial charge in [-0.2, -0.15) is 4.31 Å². The number of rotatable bonds is 5. The Morgan fingerprint density at radius 3 is 2.52 bits per heavy atom. The van der Waals surface area contributed by atoms with Crippen LogP contribution in [0.5, 0.6) is 0 Å². The van der Waals surface area contributed by atoms with Crippen LogP contribution in [0.1, 0.15) is 20.1 Å². The molecule has 114 valence electrons. The van der Waals surface area contributed by atoms with Crippen molar-refractivity contribution in [3.05, 3.63) is 38.2 Å². The summed E-state index contributed by atoms with van der Waals surface area (Å²) in [7, 11) is -0.984. The van der Waals surface area contributed by atoms with Crippen LogP contribution >= 0.6 is 22.7 Å². The van der Waals surface area contributed by atoms with Crippen LogP contribution in [0.15, 0.2) is 27.8 Å². The van der Waals surface area contributed by atoms with Crippen LogP contribution < -0.4 is 0 Å². The van der Waals surface area contributed by atoms with Gasteiger partial charge in [0.1, 0.15) is 9.77 Å². The van der Waals surface area contributed by atoms with Gasteiger partial charge >= 0.3 is 5.97 Å². The third-order valence-electron chi connectivity index (χ3n) is 3.02. The van der Waals surface area contributed by atoms with E-state index in [-0.39, 0.29) is 16.3 Å². The molecule has 0 aliphatic heterocycles. The molecular formula is C13H15NO4S3. The lowest BCUT2D eigenvalue weighted by molar-refractivity contribution is 0.0602. The topological polar surface area (TPSA) is 63.7 Å². The van der Waals surface area contributed by atoms with Crippen molar-refractivity contribution in [2.75, 3.05) is 14.2 Å². The van der Waals surface area contributed by atoms with Gasteiger partial charge in [-0.3, -0.25) is 0 Å². The normalized spacial score (nSPS) is 11.8. The van der Waals surface area contributed by atoms with Gasteiger partial charge in [0.15, 0.2) is 0 Å². The molecule has 0 aliphatic carbocycles. The second kappa shape index (κ2) is 6.27. The third-order valence-corrected chi connectivity index (χ3v) is 6.90. The summed E-state index contributed by atoms with van der Waals surface area (Å²) in [6.45, 7) is 2.22. The minimum Gasteiger partial charge on any atom is -0.465 e. The van der Waals surface area contributed by atoms with Gasteiger partial charge in [0, 0.05) is 18.5 Å². The number of nitrogens with zero attached hydrogens (tertiary/aromatic N) is 1. The van der Waals surface area contributed by atoms with E-state index in [1.54, 1.807) is 5.38 Å². The van der Waals surface area contributed by atoms with Crippen molar-refractivity contribution < 1.29 is 17.9 Å². The minimum absolute atomic E-state index is 0.00365. The van der Waals surface area contributed by atoms with Crippen molar-refractivity contribution in [2.45, 2.75) is 18.4 Å². The molecule has 0 unspecified atom stereocenters. The first-order valence-corrected chi connectivity index (χ1v) is 9.23. The van der Waals surface area contributed by atoms with Gasteiger partial charge in [-0.15, -0.1) is 22.7 Å². The van der Waals surface area contributed by atoms with E-state index in [0.717, 1.165) is 21.8 Å². The number of aryl methyl sites for hydroxylation is 1. The lowest BCUT2D eigenvalue weighted by Crippen LogP contribution is -2.27. The summed E-state index contributed by atoms with van der Waals surface area (Å²) in [5.74, 6) is -0.635. The molecule has 0 bridgehead atoms. The second-order valence-electron chi connectivity index (χ2n) is 4.39. The highest BCUT2D eigenvalue weighted by Gasteiger charge is 2.28. The van der Waals surface area contributed by atoms with E-state index in [0.29, 0.717) is 0 Å². The SMILES string of the molecule is COC(=O)c1sccc1S(=O)(=O)N(C)Cc1sccc1C. The summed E-state index contributed by atoms with van der Waals surface area (Å²) in [6, 6.07) is 3.38. The lowest BCUT2D eigenvalue weighted by Gasteiger charge is -2.16. The predicted molar refractivity (Wildman–Crippen MR) is 83.4 cm³/mol. The number of hydrogen-bond acceptors (Lipinski definition) is 6. The number of thiophene rings is 2. The Labute approximate surface area is 131 Å². The van der Waals surface area contributed by atoms with Crippen LogP contribution in [0.4, 0.5) is 0 Å². The fraction of sp³-hybridized carbons (Fsp3) is 0.308. The molecule has 2 rings (SSSR count). The van der Waals surface area contributed by atoms with Crippen molar-refractivity contribution in [1.82, 2.24) is 4.31 Å². The second-order valence-corrected chi connectivity index (χ2v) is 8.32. The van der Waals surface area contributed by atoms with E-state index in [1.807, 2.05) is 18.4 Å². The zero-order valence-electron chi connectivity index (χ0n) is 11.8. The summed E-state index contributed by atoms with van der Waals surface area (Å²) < 4.78 is 31.1. The first-order valence-electron chi connectivity index (χ1n) is 6.03. The standard InChI is InChI=1S/C13H15NO4S3/c1-9-4-6-19-10(9)8-14(2)21(16,17)11-5-7-20-12(11)13(15)18-3/h4-7H,8H2,1-3H3. The van der Waals surface area contributed by atoms with Gasteiger partial charge in [0.05, 0.1) is 7.11 Å². The molecule has 0 aliphatic rings. The summed E-state index contributed by atoms with van der Waals surface area (Å²) in [4.78, 5) is 12.7. The molecule has 8 heteroatoms. The van der Waals surface area contributed by atoms with Crippen molar-refractivity contribution in [3.8, 4) is 0 Å². The maximum absolute atomic E-state index is 12.6. The van der Waals surface area contributed by atoms with Crippen LogP contribution in [0.2, 0.25) is 0 Å². The number of hydrogen-bond donors (Lipinski definition) is 0. The van der Waals surface area contributed by atoms with Crippen LogP contribution in [-0.4, -0.2) is 32.8 Å². The molecule has 0 N–H and O–H groups in total. The highest BCUT2D eigenvalue weighted by molar-refractivity contribution is 7.89. The highest BCUT2D eigenvalue weighted by Crippen LogP contribution is 2.27. The Morgan fingerprint density at radius 2 is 1.95 bits per heavy atom. The Bertz CT molecular complexity index is 745. The summed E-state index contributed by atoms with van der Waals surface area (Å²) >= 11 is 2.57. The average Bonchev–Trinajstić information content (AvgIpc) is 3.08. The largest absolute Gasteiger partial charge is 0.465 e. The Balaban J connectivity index is 2.32. The first-order chi connectivity index (χ1) is 9.87. The molecule has 0 saturated carbocycles. The van der Waals surface area contributed by atoms with Crippen LogP contribution in [-0.2, 0) is 21.3 Å². The zero-order valence-corrected chi connectivity index (χ0v) is 14.3. The van der Waals surface area contributed by atoms with Gasteiger partial charge in [0.2, 0.25) is 10.0 Å². The van der Waals surface area contributed by atoms with Crippen LogP contribution in [0.25, 0.3) is 0 Å². The maximum atomic E-state index is 12.6. The number of methoxy groups -OCH3 is 1. The quantitative estimate of drug-likeness (QED) is 0.782. The van der Waals surface area contributed by atoms with E-state index < -0.39 is 16.0 Å². The monoisotopic (exact) mass is 345 g/mol. The van der Waals surface area contributed by atoms with Gasteiger partial charge in [0.25, 0.3) is 0 Å². The van der Waals surface area contributed by atoms with Crippen molar-refractivity contribution in [2.24, 2.45) is 0 Å². The number of esters is 1. The summed E-state index contributed by atoms with van der Waals surface area (Å²) in [6.07, 6.45) is 0. The Hall–Kier alpha value is -1.22.